The molecule has 0 unspecified atom stereocenters. The SMILES string of the molecule is Cc1c(N2C(=O)N(c3ccc(C#N)c(F)c3)[C@@H]3CCCC[C@H]32)ccc(C#N)c1Cl. The van der Waals surface area contributed by atoms with Crippen molar-refractivity contribution in [1.82, 2.24) is 0 Å². The van der Waals surface area contributed by atoms with Crippen LogP contribution >= 0.6 is 11.6 Å². The predicted molar refractivity (Wildman–Crippen MR) is 108 cm³/mol. The third kappa shape index (κ3) is 3.01. The summed E-state index contributed by atoms with van der Waals surface area (Å²) >= 11 is 6.35. The van der Waals surface area contributed by atoms with Crippen LogP contribution in [0.4, 0.5) is 20.6 Å². The van der Waals surface area contributed by atoms with Crippen LogP contribution in [0.5, 0.6) is 0 Å². The van der Waals surface area contributed by atoms with E-state index in [9.17, 15) is 14.4 Å². The van der Waals surface area contributed by atoms with E-state index in [1.54, 1.807) is 34.9 Å². The van der Waals surface area contributed by atoms with Crippen LogP contribution in [-0.2, 0) is 0 Å². The average molecular weight is 409 g/mol. The Balaban J connectivity index is 1.81. The van der Waals surface area contributed by atoms with Crippen molar-refractivity contribution in [3.8, 4) is 12.1 Å². The maximum absolute atomic E-state index is 14.3. The van der Waals surface area contributed by atoms with Crippen molar-refractivity contribution in [2.24, 2.45) is 0 Å². The molecule has 2 aromatic rings. The first-order valence-corrected chi connectivity index (χ1v) is 9.87. The summed E-state index contributed by atoms with van der Waals surface area (Å²) in [5, 5.41) is 18.5. The zero-order chi connectivity index (χ0) is 20.7. The summed E-state index contributed by atoms with van der Waals surface area (Å²) in [5.41, 5.74) is 2.12. The van der Waals surface area contributed by atoms with E-state index in [0.717, 1.165) is 25.7 Å². The van der Waals surface area contributed by atoms with Gasteiger partial charge in [0.25, 0.3) is 0 Å². The second-order valence-electron chi connectivity index (χ2n) is 7.40. The van der Waals surface area contributed by atoms with Crippen molar-refractivity contribution in [2.75, 3.05) is 9.80 Å². The molecule has 0 bridgehead atoms. The number of anilines is 2. The van der Waals surface area contributed by atoms with Crippen molar-refractivity contribution in [1.29, 1.82) is 10.5 Å². The standard InChI is InChI=1S/C22H18ClFN4O/c1-13-18(9-7-15(12-26)21(13)23)28-20-5-3-2-4-19(20)27(22(28)29)16-8-6-14(11-25)17(24)10-16/h6-10,19-20H,2-5H2,1H3/t19-,20-/m1/s1. The molecule has 1 saturated carbocycles. The van der Waals surface area contributed by atoms with Gasteiger partial charge in [-0.15, -0.1) is 0 Å². The number of nitrogens with zero attached hydrogens (tertiary/aromatic N) is 4. The topological polar surface area (TPSA) is 71.1 Å². The van der Waals surface area contributed by atoms with Crippen LogP contribution in [0.3, 0.4) is 0 Å². The molecular formula is C22H18ClFN4O. The first kappa shape index (κ1) is 19.2. The highest BCUT2D eigenvalue weighted by atomic mass is 35.5. The smallest absolute Gasteiger partial charge is 0.289 e. The minimum atomic E-state index is -0.638. The number of urea groups is 1. The van der Waals surface area contributed by atoms with Gasteiger partial charge in [-0.25, -0.2) is 9.18 Å². The molecular weight excluding hydrogens is 391 g/mol. The molecule has 2 atom stereocenters. The quantitative estimate of drug-likeness (QED) is 0.677. The number of halogens is 2. The number of hydrogen-bond acceptors (Lipinski definition) is 3. The molecule has 1 saturated heterocycles. The molecule has 2 fully saturated rings. The van der Waals surface area contributed by atoms with Crippen LogP contribution in [0.1, 0.15) is 42.4 Å². The number of amides is 2. The minimum absolute atomic E-state index is 0.0489. The molecule has 7 heteroatoms. The molecule has 2 aromatic carbocycles. The monoisotopic (exact) mass is 408 g/mol. The Morgan fingerprint density at radius 1 is 1.03 bits per heavy atom. The molecule has 146 valence electrons. The van der Waals surface area contributed by atoms with Crippen LogP contribution in [0.2, 0.25) is 5.02 Å². The Labute approximate surface area is 173 Å². The van der Waals surface area contributed by atoms with Gasteiger partial charge in [0.1, 0.15) is 18.0 Å². The molecule has 29 heavy (non-hydrogen) atoms. The third-order valence-corrected chi connectivity index (χ3v) is 6.35. The normalized spacial score (nSPS) is 20.9. The zero-order valence-electron chi connectivity index (χ0n) is 15.8. The molecule has 0 N–H and O–H groups in total. The molecule has 5 nitrogen and oxygen atoms in total. The predicted octanol–water partition coefficient (Wildman–Crippen LogP) is 5.29. The maximum Gasteiger partial charge on any atom is 0.329 e. The Hall–Kier alpha value is -3.09. The molecule has 0 aromatic heterocycles. The van der Waals surface area contributed by atoms with Crippen molar-refractivity contribution < 1.29 is 9.18 Å². The molecule has 2 aliphatic rings. The van der Waals surface area contributed by atoms with Crippen molar-refractivity contribution in [3.63, 3.8) is 0 Å². The van der Waals surface area contributed by atoms with E-state index in [1.165, 1.54) is 12.1 Å². The van der Waals surface area contributed by atoms with E-state index in [2.05, 4.69) is 6.07 Å². The molecule has 4 rings (SSSR count). The fourth-order valence-corrected chi connectivity index (χ4v) is 4.65. The van der Waals surface area contributed by atoms with Crippen LogP contribution in [0, 0.1) is 35.4 Å². The van der Waals surface area contributed by atoms with Gasteiger partial charge in [0, 0.05) is 5.69 Å². The molecule has 0 spiro atoms. The fourth-order valence-electron chi connectivity index (χ4n) is 4.44. The van der Waals surface area contributed by atoms with E-state index in [0.29, 0.717) is 27.5 Å². The van der Waals surface area contributed by atoms with Crippen LogP contribution < -0.4 is 9.80 Å². The third-order valence-electron chi connectivity index (χ3n) is 5.86. The number of benzene rings is 2. The van der Waals surface area contributed by atoms with Gasteiger partial charge >= 0.3 is 6.03 Å². The minimum Gasteiger partial charge on any atom is -0.289 e. The van der Waals surface area contributed by atoms with Crippen molar-refractivity contribution >= 4 is 29.0 Å². The highest BCUT2D eigenvalue weighted by Gasteiger charge is 2.48. The Bertz CT molecular complexity index is 1090. The van der Waals surface area contributed by atoms with E-state index < -0.39 is 5.82 Å². The number of carbonyl (C=O) groups is 1. The van der Waals surface area contributed by atoms with Gasteiger partial charge in [0.15, 0.2) is 0 Å². The Morgan fingerprint density at radius 3 is 2.28 bits per heavy atom. The number of rotatable bonds is 2. The molecule has 1 aliphatic carbocycles. The average Bonchev–Trinajstić information content (AvgIpc) is 3.02. The van der Waals surface area contributed by atoms with Crippen molar-refractivity contribution in [3.05, 3.63) is 57.9 Å². The number of carbonyl (C=O) groups excluding carboxylic acids is 1. The highest BCUT2D eigenvalue weighted by Crippen LogP contribution is 2.42. The fraction of sp³-hybridized carbons (Fsp3) is 0.318. The largest absolute Gasteiger partial charge is 0.329 e. The van der Waals surface area contributed by atoms with Gasteiger partial charge in [-0.3, -0.25) is 9.80 Å². The van der Waals surface area contributed by atoms with E-state index in [4.69, 9.17) is 16.9 Å². The summed E-state index contributed by atoms with van der Waals surface area (Å²) in [6, 6.07) is 11.1. The van der Waals surface area contributed by atoms with Gasteiger partial charge in [0.2, 0.25) is 0 Å². The van der Waals surface area contributed by atoms with Crippen LogP contribution in [-0.4, -0.2) is 18.1 Å². The van der Waals surface area contributed by atoms with Gasteiger partial charge < -0.3 is 0 Å². The Morgan fingerprint density at radius 2 is 1.66 bits per heavy atom. The first-order valence-electron chi connectivity index (χ1n) is 9.49. The lowest BCUT2D eigenvalue weighted by atomic mass is 9.89. The maximum atomic E-state index is 14.3. The highest BCUT2D eigenvalue weighted by molar-refractivity contribution is 6.33. The lowest BCUT2D eigenvalue weighted by molar-refractivity contribution is 0.255. The lowest BCUT2D eigenvalue weighted by Crippen LogP contribution is -2.40. The molecule has 1 heterocycles. The number of fused-ring (bicyclic) bond motifs is 1. The summed E-state index contributed by atoms with van der Waals surface area (Å²) in [5.74, 6) is -0.638. The first-order chi connectivity index (χ1) is 14.0. The summed E-state index contributed by atoms with van der Waals surface area (Å²) in [6.45, 7) is 1.80. The lowest BCUT2D eigenvalue weighted by Gasteiger charge is -2.32. The summed E-state index contributed by atoms with van der Waals surface area (Å²) < 4.78 is 14.3. The second kappa shape index (κ2) is 7.39. The second-order valence-corrected chi connectivity index (χ2v) is 7.78. The van der Waals surface area contributed by atoms with Crippen molar-refractivity contribution in [2.45, 2.75) is 44.7 Å². The van der Waals surface area contributed by atoms with Gasteiger partial charge in [-0.05, 0) is 55.7 Å². The van der Waals surface area contributed by atoms with E-state index in [1.807, 2.05) is 6.07 Å². The zero-order valence-corrected chi connectivity index (χ0v) is 16.6. The number of nitriles is 2. The molecule has 2 amide bonds. The summed E-state index contributed by atoms with van der Waals surface area (Å²) in [7, 11) is 0. The molecule has 1 aliphatic heterocycles. The van der Waals surface area contributed by atoms with Gasteiger partial charge in [0.05, 0.1) is 33.9 Å². The van der Waals surface area contributed by atoms with Gasteiger partial charge in [-0.1, -0.05) is 24.4 Å². The summed E-state index contributed by atoms with van der Waals surface area (Å²) in [4.78, 5) is 16.9. The Kier molecular flexibility index (Phi) is 4.90. The summed E-state index contributed by atoms with van der Waals surface area (Å²) in [6.07, 6.45) is 3.65. The van der Waals surface area contributed by atoms with Gasteiger partial charge in [-0.2, -0.15) is 10.5 Å². The van der Waals surface area contributed by atoms with Crippen LogP contribution in [0.15, 0.2) is 30.3 Å². The number of hydrogen-bond donors (Lipinski definition) is 0. The van der Waals surface area contributed by atoms with Crippen LogP contribution in [0.25, 0.3) is 0 Å². The van der Waals surface area contributed by atoms with E-state index in [-0.39, 0.29) is 23.7 Å². The van der Waals surface area contributed by atoms with E-state index >= 15 is 0 Å². The molecule has 0 radical (unpaired) electrons.